The minimum atomic E-state index is -3.08. The molecule has 0 saturated carbocycles. The number of hydrogen-bond acceptors (Lipinski definition) is 1. The van der Waals surface area contributed by atoms with Gasteiger partial charge >= 0.3 is 0 Å². The molecule has 0 aromatic heterocycles. The second-order valence-electron chi connectivity index (χ2n) is 2.81. The fourth-order valence-electron chi connectivity index (χ4n) is 0.948. The van der Waals surface area contributed by atoms with Gasteiger partial charge in [0.15, 0.2) is 0 Å². The summed E-state index contributed by atoms with van der Waals surface area (Å²) in [6, 6.07) is 9.64. The van der Waals surface area contributed by atoms with Crippen LogP contribution in [0.25, 0.3) is 0 Å². The second kappa shape index (κ2) is 3.88. The van der Waals surface area contributed by atoms with Crippen molar-refractivity contribution in [2.24, 2.45) is 0 Å². The topological polar surface area (TPSA) is 37.3 Å². The highest BCUT2D eigenvalue weighted by atomic mass is 31.2. The largest absolute Gasteiger partial charge is 0.344 e. The van der Waals surface area contributed by atoms with Gasteiger partial charge in [-0.2, -0.15) is 0 Å². The van der Waals surface area contributed by atoms with Crippen molar-refractivity contribution in [2.45, 2.75) is 6.42 Å². The highest BCUT2D eigenvalue weighted by Gasteiger charge is 2.08. The molecule has 1 radical (unpaired) electrons. The van der Waals surface area contributed by atoms with Gasteiger partial charge in [0.2, 0.25) is 7.37 Å². The molecule has 1 unspecified atom stereocenters. The van der Waals surface area contributed by atoms with E-state index in [2.05, 4.69) is 6.66 Å². The summed E-state index contributed by atoms with van der Waals surface area (Å²) in [7, 11) is -3.08. The van der Waals surface area contributed by atoms with Gasteiger partial charge in [0.25, 0.3) is 0 Å². The molecule has 0 aliphatic rings. The standard InChI is InChI=1S/C9H12O2P/c1-12(10,11)8-7-9-5-3-2-4-6-9/h2-6H,1,7-8H2,(H,10,11). The lowest BCUT2D eigenvalue weighted by atomic mass is 10.2. The normalized spacial score (nSPS) is 15.5. The molecule has 0 aliphatic carbocycles. The van der Waals surface area contributed by atoms with Crippen molar-refractivity contribution >= 4 is 7.37 Å². The number of hydrogen-bond donors (Lipinski definition) is 1. The van der Waals surface area contributed by atoms with Crippen LogP contribution in [-0.2, 0) is 11.0 Å². The first kappa shape index (κ1) is 9.50. The molecular weight excluding hydrogens is 171 g/mol. The minimum Gasteiger partial charge on any atom is -0.344 e. The Labute approximate surface area is 72.7 Å². The monoisotopic (exact) mass is 183 g/mol. The molecule has 2 nitrogen and oxygen atoms in total. The van der Waals surface area contributed by atoms with Gasteiger partial charge in [-0.3, -0.25) is 4.57 Å². The van der Waals surface area contributed by atoms with Crippen molar-refractivity contribution in [3.63, 3.8) is 0 Å². The average molecular weight is 183 g/mol. The summed E-state index contributed by atoms with van der Waals surface area (Å²) in [6.07, 6.45) is 0.884. The molecule has 3 heteroatoms. The zero-order valence-corrected chi connectivity index (χ0v) is 7.71. The van der Waals surface area contributed by atoms with E-state index >= 15 is 0 Å². The predicted molar refractivity (Wildman–Crippen MR) is 50.2 cm³/mol. The fourth-order valence-corrected chi connectivity index (χ4v) is 1.56. The van der Waals surface area contributed by atoms with E-state index in [1.807, 2.05) is 30.3 Å². The van der Waals surface area contributed by atoms with E-state index in [4.69, 9.17) is 4.89 Å². The maximum Gasteiger partial charge on any atom is 0.201 e. The van der Waals surface area contributed by atoms with E-state index in [0.717, 1.165) is 5.56 Å². The van der Waals surface area contributed by atoms with E-state index in [-0.39, 0.29) is 6.16 Å². The quantitative estimate of drug-likeness (QED) is 0.730. The molecule has 0 aliphatic heterocycles. The molecule has 0 bridgehead atoms. The van der Waals surface area contributed by atoms with Crippen molar-refractivity contribution in [1.82, 2.24) is 0 Å². The Kier molecular flexibility index (Phi) is 3.07. The molecule has 0 amide bonds. The van der Waals surface area contributed by atoms with Gasteiger partial charge in [-0.05, 0) is 12.0 Å². The molecule has 1 atom stereocenters. The zero-order valence-electron chi connectivity index (χ0n) is 6.81. The maximum atomic E-state index is 10.8. The van der Waals surface area contributed by atoms with Gasteiger partial charge in [0.05, 0.1) is 0 Å². The molecule has 1 N–H and O–H groups in total. The van der Waals surface area contributed by atoms with Crippen LogP contribution in [-0.4, -0.2) is 11.1 Å². The van der Waals surface area contributed by atoms with Crippen LogP contribution in [0.5, 0.6) is 0 Å². The summed E-state index contributed by atoms with van der Waals surface area (Å²) in [5.74, 6) is 0. The Bertz CT molecular complexity index is 276. The van der Waals surface area contributed by atoms with Gasteiger partial charge in [-0.1, -0.05) is 30.3 Å². The molecule has 0 spiro atoms. The molecule has 0 fully saturated rings. The summed E-state index contributed by atoms with van der Waals surface area (Å²) in [6.45, 7) is 3.20. The summed E-state index contributed by atoms with van der Waals surface area (Å²) in [5.41, 5.74) is 1.08. The van der Waals surface area contributed by atoms with Crippen LogP contribution >= 0.6 is 7.37 Å². The molecule has 12 heavy (non-hydrogen) atoms. The summed E-state index contributed by atoms with van der Waals surface area (Å²) < 4.78 is 10.8. The first-order valence-electron chi connectivity index (χ1n) is 3.78. The number of aryl methyl sites for hydroxylation is 1. The first-order chi connectivity index (χ1) is 5.58. The third-order valence-electron chi connectivity index (χ3n) is 1.59. The molecule has 0 saturated heterocycles. The van der Waals surface area contributed by atoms with Gasteiger partial charge in [-0.15, -0.1) is 0 Å². The van der Waals surface area contributed by atoms with E-state index < -0.39 is 7.37 Å². The van der Waals surface area contributed by atoms with Gasteiger partial charge in [0.1, 0.15) is 0 Å². The molecule has 1 rings (SSSR count). The fraction of sp³-hybridized carbons (Fsp3) is 0.222. The minimum absolute atomic E-state index is 0.261. The van der Waals surface area contributed by atoms with Crippen LogP contribution in [0.4, 0.5) is 0 Å². The van der Waals surface area contributed by atoms with Gasteiger partial charge in [-0.25, -0.2) is 0 Å². The van der Waals surface area contributed by atoms with Gasteiger partial charge < -0.3 is 4.89 Å². The van der Waals surface area contributed by atoms with Crippen molar-refractivity contribution in [1.29, 1.82) is 0 Å². The SMILES string of the molecule is [CH2]P(=O)(O)CCc1ccccc1. The average Bonchev–Trinajstić information content (AvgIpc) is 2.02. The lowest BCUT2D eigenvalue weighted by molar-refractivity contribution is 0.488. The predicted octanol–water partition coefficient (Wildman–Crippen LogP) is 2.29. The zero-order chi connectivity index (χ0) is 9.03. The van der Waals surface area contributed by atoms with Crippen LogP contribution in [0.2, 0.25) is 0 Å². The summed E-state index contributed by atoms with van der Waals surface area (Å²) in [4.78, 5) is 8.92. The highest BCUT2D eigenvalue weighted by molar-refractivity contribution is 7.59. The van der Waals surface area contributed by atoms with E-state index in [1.54, 1.807) is 0 Å². The van der Waals surface area contributed by atoms with Crippen LogP contribution in [0.1, 0.15) is 5.56 Å². The molecule has 1 aromatic rings. The molecule has 0 heterocycles. The third-order valence-corrected chi connectivity index (χ3v) is 2.52. The Morgan fingerprint density at radius 1 is 1.33 bits per heavy atom. The van der Waals surface area contributed by atoms with E-state index in [9.17, 15) is 4.57 Å². The Balaban J connectivity index is 2.50. The smallest absolute Gasteiger partial charge is 0.201 e. The summed E-state index contributed by atoms with van der Waals surface area (Å²) in [5, 5.41) is 0. The van der Waals surface area contributed by atoms with E-state index in [0.29, 0.717) is 6.42 Å². The highest BCUT2D eigenvalue weighted by Crippen LogP contribution is 2.38. The van der Waals surface area contributed by atoms with Crippen LogP contribution in [0.3, 0.4) is 0 Å². The lowest BCUT2D eigenvalue weighted by Crippen LogP contribution is -1.91. The molecule has 1 aromatic carbocycles. The van der Waals surface area contributed by atoms with Crippen molar-refractivity contribution in [3.05, 3.63) is 42.6 Å². The Morgan fingerprint density at radius 3 is 2.42 bits per heavy atom. The van der Waals surface area contributed by atoms with Crippen molar-refractivity contribution in [2.75, 3.05) is 6.16 Å². The van der Waals surface area contributed by atoms with Crippen molar-refractivity contribution < 1.29 is 9.46 Å². The lowest BCUT2D eigenvalue weighted by Gasteiger charge is -2.03. The number of benzene rings is 1. The van der Waals surface area contributed by atoms with Crippen LogP contribution < -0.4 is 0 Å². The second-order valence-corrected chi connectivity index (χ2v) is 4.95. The van der Waals surface area contributed by atoms with Crippen LogP contribution in [0, 0.1) is 6.66 Å². The maximum absolute atomic E-state index is 10.8. The Hall–Kier alpha value is -0.590. The third kappa shape index (κ3) is 3.70. The molecule has 65 valence electrons. The van der Waals surface area contributed by atoms with Crippen molar-refractivity contribution in [3.8, 4) is 0 Å². The van der Waals surface area contributed by atoms with Crippen LogP contribution in [0.15, 0.2) is 30.3 Å². The first-order valence-corrected chi connectivity index (χ1v) is 5.81. The molecular formula is C9H12O2P. The Morgan fingerprint density at radius 2 is 1.92 bits per heavy atom. The summed E-state index contributed by atoms with van der Waals surface area (Å²) >= 11 is 0. The number of rotatable bonds is 3. The van der Waals surface area contributed by atoms with E-state index in [1.165, 1.54) is 0 Å². The van der Waals surface area contributed by atoms with Gasteiger partial charge in [0, 0.05) is 12.8 Å².